The lowest BCUT2D eigenvalue weighted by molar-refractivity contribution is 0.00491. The molecular formula is C10H13NO. The quantitative estimate of drug-likeness (QED) is 0.624. The van der Waals surface area contributed by atoms with Crippen LogP contribution in [-0.4, -0.2) is 10.7 Å². The lowest BCUT2D eigenvalue weighted by Gasteiger charge is -2.30. The highest BCUT2D eigenvalue weighted by molar-refractivity contribution is 5.30. The Bertz CT molecular complexity index is 265. The topological polar surface area (TPSA) is 44.0 Å². The molecule has 0 heterocycles. The summed E-state index contributed by atoms with van der Waals surface area (Å²) in [5.74, 6) is 2.30. The van der Waals surface area contributed by atoms with Crippen molar-refractivity contribution in [2.45, 2.75) is 32.3 Å². The van der Waals surface area contributed by atoms with Crippen LogP contribution in [0.3, 0.4) is 0 Å². The third kappa shape index (κ3) is 0.924. The fourth-order valence-corrected chi connectivity index (χ4v) is 1.56. The SMILES string of the molecule is C#CC(O)(C(C)C)C1(C#N)CC1. The van der Waals surface area contributed by atoms with Crippen LogP contribution in [0.2, 0.25) is 0 Å². The molecule has 12 heavy (non-hydrogen) atoms. The molecular weight excluding hydrogens is 150 g/mol. The van der Waals surface area contributed by atoms with Gasteiger partial charge in [0.05, 0.1) is 11.5 Å². The van der Waals surface area contributed by atoms with Crippen LogP contribution in [0.25, 0.3) is 0 Å². The third-order valence-electron chi connectivity index (χ3n) is 2.75. The standard InChI is InChI=1S/C10H13NO/c1-4-10(12,8(2)3)9(7-11)5-6-9/h1,8,12H,5-6H2,2-3H3. The number of hydrogen-bond donors (Lipinski definition) is 1. The number of rotatable bonds is 2. The van der Waals surface area contributed by atoms with Gasteiger partial charge in [0, 0.05) is 0 Å². The van der Waals surface area contributed by atoms with Crippen LogP contribution in [0.15, 0.2) is 0 Å². The summed E-state index contributed by atoms with van der Waals surface area (Å²) < 4.78 is 0. The third-order valence-corrected chi connectivity index (χ3v) is 2.75. The molecule has 1 aliphatic carbocycles. The number of hydrogen-bond acceptors (Lipinski definition) is 2. The minimum absolute atomic E-state index is 0.0651. The molecule has 0 amide bonds. The van der Waals surface area contributed by atoms with Gasteiger partial charge in [-0.25, -0.2) is 0 Å². The van der Waals surface area contributed by atoms with Crippen molar-refractivity contribution < 1.29 is 5.11 Å². The second-order valence-electron chi connectivity index (χ2n) is 3.76. The first-order chi connectivity index (χ1) is 5.52. The lowest BCUT2D eigenvalue weighted by Crippen LogP contribution is -2.42. The Morgan fingerprint density at radius 3 is 2.17 bits per heavy atom. The highest BCUT2D eigenvalue weighted by Gasteiger charge is 2.60. The highest BCUT2D eigenvalue weighted by atomic mass is 16.3. The van der Waals surface area contributed by atoms with Crippen LogP contribution in [0.5, 0.6) is 0 Å². The van der Waals surface area contributed by atoms with Gasteiger partial charge in [-0.15, -0.1) is 6.42 Å². The summed E-state index contributed by atoms with van der Waals surface area (Å²) in [6.45, 7) is 3.69. The van der Waals surface area contributed by atoms with Crippen molar-refractivity contribution in [1.29, 1.82) is 5.26 Å². The first kappa shape index (κ1) is 9.10. The van der Waals surface area contributed by atoms with Gasteiger partial charge < -0.3 is 5.11 Å². The maximum Gasteiger partial charge on any atom is 0.145 e. The number of nitriles is 1. The largest absolute Gasteiger partial charge is 0.376 e. The molecule has 0 aliphatic heterocycles. The normalized spacial score (nSPS) is 23.8. The second kappa shape index (κ2) is 2.51. The van der Waals surface area contributed by atoms with Crippen molar-refractivity contribution in [3.05, 3.63) is 0 Å². The number of aliphatic hydroxyl groups is 1. The van der Waals surface area contributed by atoms with Gasteiger partial charge in [0.2, 0.25) is 0 Å². The molecule has 1 unspecified atom stereocenters. The molecule has 0 saturated heterocycles. The Morgan fingerprint density at radius 2 is 2.08 bits per heavy atom. The Balaban J connectivity index is 2.99. The Morgan fingerprint density at radius 1 is 1.58 bits per heavy atom. The van der Waals surface area contributed by atoms with Crippen LogP contribution < -0.4 is 0 Å². The van der Waals surface area contributed by atoms with E-state index in [9.17, 15) is 5.11 Å². The van der Waals surface area contributed by atoms with E-state index < -0.39 is 11.0 Å². The predicted octanol–water partition coefficient (Wildman–Crippen LogP) is 1.31. The zero-order valence-corrected chi connectivity index (χ0v) is 7.46. The number of terminal acetylenes is 1. The van der Waals surface area contributed by atoms with E-state index in [1.807, 2.05) is 13.8 Å². The molecule has 1 saturated carbocycles. The molecule has 0 aromatic rings. The first-order valence-electron chi connectivity index (χ1n) is 4.14. The van der Waals surface area contributed by atoms with E-state index >= 15 is 0 Å². The van der Waals surface area contributed by atoms with E-state index in [-0.39, 0.29) is 5.92 Å². The van der Waals surface area contributed by atoms with Gasteiger partial charge in [-0.1, -0.05) is 19.8 Å². The molecule has 1 aliphatic rings. The van der Waals surface area contributed by atoms with Gasteiger partial charge in [-0.3, -0.25) is 0 Å². The Kier molecular flexibility index (Phi) is 1.90. The first-order valence-corrected chi connectivity index (χ1v) is 4.14. The van der Waals surface area contributed by atoms with Crippen LogP contribution in [0.1, 0.15) is 26.7 Å². The average Bonchev–Trinajstić information content (AvgIpc) is 2.83. The van der Waals surface area contributed by atoms with Crippen molar-refractivity contribution in [2.24, 2.45) is 11.3 Å². The van der Waals surface area contributed by atoms with Gasteiger partial charge in [-0.05, 0) is 18.8 Å². The monoisotopic (exact) mass is 163 g/mol. The summed E-state index contributed by atoms with van der Waals surface area (Å²) in [5.41, 5.74) is -1.89. The summed E-state index contributed by atoms with van der Waals surface area (Å²) in [7, 11) is 0. The van der Waals surface area contributed by atoms with E-state index in [4.69, 9.17) is 11.7 Å². The summed E-state index contributed by atoms with van der Waals surface area (Å²) in [5, 5.41) is 18.9. The molecule has 64 valence electrons. The van der Waals surface area contributed by atoms with Gasteiger partial charge >= 0.3 is 0 Å². The molecule has 2 nitrogen and oxygen atoms in total. The minimum atomic E-state index is -1.23. The highest BCUT2D eigenvalue weighted by Crippen LogP contribution is 2.55. The van der Waals surface area contributed by atoms with E-state index in [0.29, 0.717) is 0 Å². The van der Waals surface area contributed by atoms with Crippen molar-refractivity contribution in [3.63, 3.8) is 0 Å². The molecule has 1 fully saturated rings. The molecule has 0 radical (unpaired) electrons. The van der Waals surface area contributed by atoms with Crippen LogP contribution in [0, 0.1) is 35.0 Å². The maximum absolute atomic E-state index is 10.0. The van der Waals surface area contributed by atoms with E-state index in [2.05, 4.69) is 12.0 Å². The summed E-state index contributed by atoms with van der Waals surface area (Å²) in [6, 6.07) is 2.13. The molecule has 1 N–H and O–H groups in total. The van der Waals surface area contributed by atoms with Crippen molar-refractivity contribution in [3.8, 4) is 18.4 Å². The molecule has 0 aromatic heterocycles. The van der Waals surface area contributed by atoms with Gasteiger partial charge in [0.15, 0.2) is 0 Å². The van der Waals surface area contributed by atoms with Crippen LogP contribution in [0.4, 0.5) is 0 Å². The van der Waals surface area contributed by atoms with Gasteiger partial charge in [0.1, 0.15) is 5.60 Å². The number of nitrogens with zero attached hydrogens (tertiary/aromatic N) is 1. The molecule has 1 rings (SSSR count). The zero-order chi connectivity index (χ0) is 9.41. The van der Waals surface area contributed by atoms with Crippen molar-refractivity contribution in [2.75, 3.05) is 0 Å². The average molecular weight is 163 g/mol. The second-order valence-corrected chi connectivity index (χ2v) is 3.76. The molecule has 0 aromatic carbocycles. The lowest BCUT2D eigenvalue weighted by atomic mass is 9.77. The van der Waals surface area contributed by atoms with Crippen LogP contribution in [-0.2, 0) is 0 Å². The predicted molar refractivity (Wildman–Crippen MR) is 45.9 cm³/mol. The van der Waals surface area contributed by atoms with Crippen molar-refractivity contribution in [1.82, 2.24) is 0 Å². The smallest absolute Gasteiger partial charge is 0.145 e. The van der Waals surface area contributed by atoms with Gasteiger partial charge in [0.25, 0.3) is 0 Å². The summed E-state index contributed by atoms with van der Waals surface area (Å²) >= 11 is 0. The van der Waals surface area contributed by atoms with Crippen molar-refractivity contribution >= 4 is 0 Å². The zero-order valence-electron chi connectivity index (χ0n) is 7.46. The summed E-state index contributed by atoms with van der Waals surface area (Å²) in [4.78, 5) is 0. The summed E-state index contributed by atoms with van der Waals surface area (Å²) in [6.07, 6.45) is 6.71. The van der Waals surface area contributed by atoms with Gasteiger partial charge in [-0.2, -0.15) is 5.26 Å². The molecule has 0 bridgehead atoms. The molecule has 2 heteroatoms. The fourth-order valence-electron chi connectivity index (χ4n) is 1.56. The Labute approximate surface area is 73.2 Å². The van der Waals surface area contributed by atoms with E-state index in [1.54, 1.807) is 0 Å². The Hall–Kier alpha value is -0.990. The molecule has 1 atom stereocenters. The maximum atomic E-state index is 10.0. The molecule has 0 spiro atoms. The fraction of sp³-hybridized carbons (Fsp3) is 0.700. The van der Waals surface area contributed by atoms with Crippen LogP contribution >= 0.6 is 0 Å². The van der Waals surface area contributed by atoms with E-state index in [0.717, 1.165) is 12.8 Å². The van der Waals surface area contributed by atoms with E-state index in [1.165, 1.54) is 0 Å². The minimum Gasteiger partial charge on any atom is -0.376 e.